The number of hydrogen-bond acceptors (Lipinski definition) is 4. The molecule has 0 radical (unpaired) electrons. The summed E-state index contributed by atoms with van der Waals surface area (Å²) in [6, 6.07) is 11.4. The molecule has 4 rings (SSSR count). The molecule has 0 aliphatic carbocycles. The van der Waals surface area contributed by atoms with Crippen LogP contribution in [-0.4, -0.2) is 28.9 Å². The van der Waals surface area contributed by atoms with Crippen LogP contribution in [-0.2, 0) is 0 Å². The summed E-state index contributed by atoms with van der Waals surface area (Å²) in [5.74, 6) is 0.699. The van der Waals surface area contributed by atoms with E-state index < -0.39 is 0 Å². The van der Waals surface area contributed by atoms with E-state index in [2.05, 4.69) is 79.9 Å². The monoisotopic (exact) mass is 418 g/mol. The lowest BCUT2D eigenvalue weighted by Gasteiger charge is -2.32. The molecule has 0 bridgehead atoms. The van der Waals surface area contributed by atoms with E-state index in [0.717, 1.165) is 37.3 Å². The Morgan fingerprint density at radius 1 is 1.13 bits per heavy atom. The average Bonchev–Trinajstić information content (AvgIpc) is 3.08. The molecule has 0 unspecified atom stereocenters. The van der Waals surface area contributed by atoms with Gasteiger partial charge in [0, 0.05) is 46.9 Å². The van der Waals surface area contributed by atoms with Crippen LogP contribution in [0.5, 0.6) is 0 Å². The predicted molar refractivity (Wildman–Crippen MR) is 127 cm³/mol. The van der Waals surface area contributed by atoms with Crippen LogP contribution in [0.1, 0.15) is 49.4 Å². The van der Waals surface area contributed by atoms with Crippen molar-refractivity contribution in [3.63, 3.8) is 0 Å². The fourth-order valence-electron chi connectivity index (χ4n) is 4.45. The number of aryl methyl sites for hydroxylation is 2. The van der Waals surface area contributed by atoms with Gasteiger partial charge >= 0.3 is 0 Å². The van der Waals surface area contributed by atoms with Gasteiger partial charge in [0.25, 0.3) is 0 Å². The molecule has 156 valence electrons. The van der Waals surface area contributed by atoms with Crippen LogP contribution in [0.25, 0.3) is 16.7 Å². The lowest BCUT2D eigenvalue weighted by atomic mass is 9.97. The summed E-state index contributed by atoms with van der Waals surface area (Å²) in [7, 11) is 0. The summed E-state index contributed by atoms with van der Waals surface area (Å²) < 4.78 is 2.26. The zero-order valence-corrected chi connectivity index (χ0v) is 19.4. The SMILES string of the molecule is CSc1cc(C(C)C)ccc1-n1cc(C)c2c(N3CCC(C#N)CC3)cc(C)nc21. The Hall–Kier alpha value is -2.45. The van der Waals surface area contributed by atoms with Crippen molar-refractivity contribution in [2.75, 3.05) is 24.2 Å². The van der Waals surface area contributed by atoms with Gasteiger partial charge in [0.1, 0.15) is 5.65 Å². The van der Waals surface area contributed by atoms with Crippen LogP contribution >= 0.6 is 11.8 Å². The third-order valence-corrected chi connectivity index (χ3v) is 6.97. The van der Waals surface area contributed by atoms with E-state index in [-0.39, 0.29) is 5.92 Å². The molecule has 1 aromatic carbocycles. The highest BCUT2D eigenvalue weighted by molar-refractivity contribution is 7.98. The first-order chi connectivity index (χ1) is 14.4. The molecule has 3 heterocycles. The van der Waals surface area contributed by atoms with Crippen molar-refractivity contribution in [2.24, 2.45) is 5.92 Å². The summed E-state index contributed by atoms with van der Waals surface area (Å²) in [5.41, 5.74) is 7.12. The van der Waals surface area contributed by atoms with E-state index in [4.69, 9.17) is 4.98 Å². The van der Waals surface area contributed by atoms with E-state index in [1.165, 1.54) is 32.8 Å². The summed E-state index contributed by atoms with van der Waals surface area (Å²) in [5, 5.41) is 10.5. The number of pyridine rings is 1. The van der Waals surface area contributed by atoms with E-state index in [1.54, 1.807) is 11.8 Å². The first kappa shape index (κ1) is 20.8. The molecule has 3 aromatic rings. The summed E-state index contributed by atoms with van der Waals surface area (Å²) in [6.07, 6.45) is 6.25. The molecular formula is C25H30N4S. The maximum atomic E-state index is 9.26. The van der Waals surface area contributed by atoms with Gasteiger partial charge in [-0.15, -0.1) is 11.8 Å². The van der Waals surface area contributed by atoms with Gasteiger partial charge in [-0.25, -0.2) is 4.98 Å². The molecule has 0 atom stereocenters. The number of rotatable bonds is 4. The smallest absolute Gasteiger partial charge is 0.147 e. The van der Waals surface area contributed by atoms with Crippen LogP contribution in [0, 0.1) is 31.1 Å². The lowest BCUT2D eigenvalue weighted by molar-refractivity contribution is 0.488. The highest BCUT2D eigenvalue weighted by Gasteiger charge is 2.23. The molecule has 30 heavy (non-hydrogen) atoms. The van der Waals surface area contributed by atoms with Crippen molar-refractivity contribution in [2.45, 2.75) is 51.3 Å². The van der Waals surface area contributed by atoms with E-state index in [0.29, 0.717) is 5.92 Å². The van der Waals surface area contributed by atoms with Crippen LogP contribution < -0.4 is 4.90 Å². The Morgan fingerprint density at radius 2 is 1.87 bits per heavy atom. The Morgan fingerprint density at radius 3 is 2.50 bits per heavy atom. The lowest BCUT2D eigenvalue weighted by Crippen LogP contribution is -2.33. The summed E-state index contributed by atoms with van der Waals surface area (Å²) >= 11 is 1.79. The zero-order valence-electron chi connectivity index (χ0n) is 18.6. The molecular weight excluding hydrogens is 388 g/mol. The highest BCUT2D eigenvalue weighted by Crippen LogP contribution is 2.37. The fourth-order valence-corrected chi connectivity index (χ4v) is 5.08. The van der Waals surface area contributed by atoms with Gasteiger partial charge in [-0.1, -0.05) is 19.9 Å². The molecule has 1 aliphatic rings. The quantitative estimate of drug-likeness (QED) is 0.471. The van der Waals surface area contributed by atoms with Gasteiger partial charge in [-0.3, -0.25) is 4.57 Å². The van der Waals surface area contributed by atoms with Gasteiger partial charge in [-0.05, 0) is 68.2 Å². The van der Waals surface area contributed by atoms with E-state index in [1.807, 2.05) is 0 Å². The minimum Gasteiger partial charge on any atom is -0.371 e. The Balaban J connectivity index is 1.85. The number of anilines is 1. The second-order valence-corrected chi connectivity index (χ2v) is 9.49. The predicted octanol–water partition coefficient (Wildman–Crippen LogP) is 6.23. The third-order valence-electron chi connectivity index (χ3n) is 6.20. The van der Waals surface area contributed by atoms with Crippen molar-refractivity contribution >= 4 is 28.5 Å². The van der Waals surface area contributed by atoms with Crippen molar-refractivity contribution < 1.29 is 0 Å². The topological polar surface area (TPSA) is 44.9 Å². The van der Waals surface area contributed by atoms with Crippen molar-refractivity contribution in [3.05, 3.63) is 47.3 Å². The van der Waals surface area contributed by atoms with Crippen molar-refractivity contribution in [1.82, 2.24) is 9.55 Å². The second-order valence-electron chi connectivity index (χ2n) is 8.64. The number of nitrogens with zero attached hydrogens (tertiary/aromatic N) is 4. The third kappa shape index (κ3) is 3.70. The Labute approximate surface area is 183 Å². The van der Waals surface area contributed by atoms with Crippen molar-refractivity contribution in [3.8, 4) is 11.8 Å². The fraction of sp³-hybridized carbons (Fsp3) is 0.440. The van der Waals surface area contributed by atoms with Crippen LogP contribution in [0.2, 0.25) is 0 Å². The van der Waals surface area contributed by atoms with Gasteiger partial charge in [0.05, 0.1) is 11.8 Å². The molecule has 0 spiro atoms. The first-order valence-corrected chi connectivity index (χ1v) is 12.0. The number of hydrogen-bond donors (Lipinski definition) is 0. The standard InChI is InChI=1S/C25H30N4S/c1-16(2)20-6-7-21(23(13-20)30-5)29-15-17(3)24-22(12-18(4)27-25(24)29)28-10-8-19(14-26)9-11-28/h6-7,12-13,15-16,19H,8-11H2,1-5H3. The molecule has 0 saturated carbocycles. The number of piperidine rings is 1. The minimum atomic E-state index is 0.189. The Kier molecular flexibility index (Phi) is 5.79. The molecule has 1 fully saturated rings. The zero-order chi connectivity index (χ0) is 21.4. The number of thioether (sulfide) groups is 1. The van der Waals surface area contributed by atoms with Crippen LogP contribution in [0.15, 0.2) is 35.4 Å². The second kappa shape index (κ2) is 8.35. The molecule has 0 amide bonds. The Bertz CT molecular complexity index is 1110. The molecule has 0 N–H and O–H groups in total. The van der Waals surface area contributed by atoms with Gasteiger partial charge < -0.3 is 4.90 Å². The van der Waals surface area contributed by atoms with Gasteiger partial charge in [0.2, 0.25) is 0 Å². The van der Waals surface area contributed by atoms with Crippen LogP contribution in [0.4, 0.5) is 5.69 Å². The van der Waals surface area contributed by atoms with E-state index >= 15 is 0 Å². The highest BCUT2D eigenvalue weighted by atomic mass is 32.2. The summed E-state index contributed by atoms with van der Waals surface area (Å²) in [6.45, 7) is 10.6. The maximum Gasteiger partial charge on any atom is 0.147 e. The molecule has 4 nitrogen and oxygen atoms in total. The normalized spacial score (nSPS) is 15.2. The minimum absolute atomic E-state index is 0.189. The number of fused-ring (bicyclic) bond motifs is 1. The van der Waals surface area contributed by atoms with Gasteiger partial charge in [-0.2, -0.15) is 5.26 Å². The van der Waals surface area contributed by atoms with Crippen LogP contribution in [0.3, 0.4) is 0 Å². The van der Waals surface area contributed by atoms with Crippen molar-refractivity contribution in [1.29, 1.82) is 5.26 Å². The van der Waals surface area contributed by atoms with E-state index in [9.17, 15) is 5.26 Å². The first-order valence-electron chi connectivity index (χ1n) is 10.7. The average molecular weight is 419 g/mol. The number of nitriles is 1. The molecule has 2 aromatic heterocycles. The van der Waals surface area contributed by atoms with Gasteiger partial charge in [0.15, 0.2) is 0 Å². The maximum absolute atomic E-state index is 9.26. The molecule has 1 aliphatic heterocycles. The number of aromatic nitrogens is 2. The largest absolute Gasteiger partial charge is 0.371 e. The summed E-state index contributed by atoms with van der Waals surface area (Å²) in [4.78, 5) is 8.69. The molecule has 5 heteroatoms. The number of benzene rings is 1. The molecule has 1 saturated heterocycles.